The van der Waals surface area contributed by atoms with Crippen LogP contribution in [0.15, 0.2) is 24.3 Å². The van der Waals surface area contributed by atoms with Crippen LogP contribution in [0.5, 0.6) is 0 Å². The van der Waals surface area contributed by atoms with Crippen LogP contribution >= 0.6 is 0 Å². The van der Waals surface area contributed by atoms with Crippen molar-refractivity contribution in [3.8, 4) is 0 Å². The Kier molecular flexibility index (Phi) is 5.22. The van der Waals surface area contributed by atoms with Gasteiger partial charge >= 0.3 is 7.48 Å². The highest BCUT2D eigenvalue weighted by atomic mass is 16.5. The summed E-state index contributed by atoms with van der Waals surface area (Å²) < 4.78 is 5.90. The lowest BCUT2D eigenvalue weighted by Gasteiger charge is -2.16. The molecule has 1 fully saturated rings. The molecular formula is C18H28BNO3. The van der Waals surface area contributed by atoms with Gasteiger partial charge in [0, 0.05) is 17.5 Å². The van der Waals surface area contributed by atoms with Crippen molar-refractivity contribution in [1.82, 2.24) is 5.32 Å². The van der Waals surface area contributed by atoms with E-state index in [0.29, 0.717) is 13.0 Å². The summed E-state index contributed by atoms with van der Waals surface area (Å²) >= 11 is 0. The van der Waals surface area contributed by atoms with Crippen LogP contribution in [0, 0.1) is 5.92 Å². The van der Waals surface area contributed by atoms with Gasteiger partial charge in [-0.2, -0.15) is 0 Å². The van der Waals surface area contributed by atoms with E-state index < -0.39 is 11.2 Å². The Hall–Kier alpha value is -1.33. The monoisotopic (exact) mass is 317 g/mol. The van der Waals surface area contributed by atoms with Gasteiger partial charge in [-0.05, 0) is 38.8 Å². The molecule has 1 aliphatic rings. The van der Waals surface area contributed by atoms with Gasteiger partial charge in [0.2, 0.25) is 0 Å². The topological polar surface area (TPSA) is 58.6 Å². The maximum absolute atomic E-state index is 12.2. The van der Waals surface area contributed by atoms with Gasteiger partial charge in [0.05, 0.1) is 11.2 Å². The summed E-state index contributed by atoms with van der Waals surface area (Å²) in [4.78, 5) is 12.2. The zero-order chi connectivity index (χ0) is 17.3. The number of aliphatic hydroxyl groups is 1. The van der Waals surface area contributed by atoms with Gasteiger partial charge < -0.3 is 15.1 Å². The lowest BCUT2D eigenvalue weighted by atomic mass is 9.86. The van der Waals surface area contributed by atoms with E-state index in [-0.39, 0.29) is 17.9 Å². The Labute approximate surface area is 139 Å². The van der Waals surface area contributed by atoms with Crippen LogP contribution in [0.25, 0.3) is 0 Å². The largest absolute Gasteiger partial charge is 0.426 e. The van der Waals surface area contributed by atoms with Crippen LogP contribution in [0.3, 0.4) is 0 Å². The fraction of sp³-hybridized carbons (Fsp3) is 0.611. The molecule has 0 heterocycles. The predicted octanol–water partition coefficient (Wildman–Crippen LogP) is 1.76. The Morgan fingerprint density at radius 2 is 1.83 bits per heavy atom. The highest BCUT2D eigenvalue weighted by Crippen LogP contribution is 2.55. The van der Waals surface area contributed by atoms with Gasteiger partial charge in [-0.25, -0.2) is 0 Å². The molecule has 2 N–H and O–H groups in total. The molecule has 0 aromatic heterocycles. The van der Waals surface area contributed by atoms with Crippen molar-refractivity contribution >= 4 is 18.9 Å². The van der Waals surface area contributed by atoms with E-state index >= 15 is 0 Å². The summed E-state index contributed by atoms with van der Waals surface area (Å²) in [5.74, 6) is 0.0944. The van der Waals surface area contributed by atoms with Crippen LogP contribution in [0.2, 0.25) is 0 Å². The van der Waals surface area contributed by atoms with Crippen molar-refractivity contribution in [3.05, 3.63) is 29.8 Å². The Bertz CT molecular complexity index is 554. The van der Waals surface area contributed by atoms with E-state index in [1.54, 1.807) is 0 Å². The Morgan fingerprint density at radius 3 is 2.26 bits per heavy atom. The fourth-order valence-electron chi connectivity index (χ4n) is 3.01. The molecule has 5 heteroatoms. The second-order valence-electron chi connectivity index (χ2n) is 6.95. The summed E-state index contributed by atoms with van der Waals surface area (Å²) in [7, 11) is 0.436. The number of amides is 1. The number of benzene rings is 1. The molecule has 1 aromatic rings. The normalized spacial score (nSPS) is 29.4. The minimum atomic E-state index is -0.762. The smallest absolute Gasteiger partial charge is 0.309 e. The highest BCUT2D eigenvalue weighted by Gasteiger charge is 2.69. The van der Waals surface area contributed by atoms with E-state index in [1.165, 1.54) is 0 Å². The van der Waals surface area contributed by atoms with Crippen molar-refractivity contribution in [2.75, 3.05) is 0 Å². The van der Waals surface area contributed by atoms with Crippen LogP contribution in [-0.2, 0) is 4.65 Å². The van der Waals surface area contributed by atoms with Crippen LogP contribution in [-0.4, -0.2) is 35.7 Å². The molecule has 0 radical (unpaired) electrons. The number of carbonyl (C=O) groups excluding carboxylic acids is 1. The van der Waals surface area contributed by atoms with Gasteiger partial charge in [-0.15, -0.1) is 0 Å². The summed E-state index contributed by atoms with van der Waals surface area (Å²) in [5, 5.41) is 13.2. The molecule has 126 valence electrons. The van der Waals surface area contributed by atoms with Crippen molar-refractivity contribution in [2.24, 2.45) is 5.92 Å². The number of hydrogen-bond acceptors (Lipinski definition) is 3. The summed E-state index contributed by atoms with van der Waals surface area (Å²) in [5.41, 5.74) is 0.416. The SMILES string of the molecule is CCC(CC)NC(=O)c1ccc(BOC2(C)C(C)C2(C)O)cc1. The zero-order valence-corrected chi connectivity index (χ0v) is 14.8. The summed E-state index contributed by atoms with van der Waals surface area (Å²) in [6, 6.07) is 7.70. The third-order valence-corrected chi connectivity index (χ3v) is 5.67. The van der Waals surface area contributed by atoms with Gasteiger partial charge in [0.1, 0.15) is 0 Å². The van der Waals surface area contributed by atoms with Gasteiger partial charge in [-0.1, -0.05) is 38.4 Å². The van der Waals surface area contributed by atoms with Crippen LogP contribution in [0.4, 0.5) is 0 Å². The molecule has 0 saturated heterocycles. The molecular weight excluding hydrogens is 289 g/mol. The molecule has 0 aliphatic heterocycles. The third kappa shape index (κ3) is 3.46. The van der Waals surface area contributed by atoms with E-state index in [2.05, 4.69) is 19.2 Å². The standard InChI is InChI=1S/C18H28BNO3/c1-6-15(7-2)20-16(21)13-8-10-14(11-9-13)19-23-18(5)12(3)17(18,4)22/h8-12,15,19,22H,6-7H2,1-5H3,(H,20,21). The maximum atomic E-state index is 12.2. The van der Waals surface area contributed by atoms with Crippen molar-refractivity contribution < 1.29 is 14.6 Å². The van der Waals surface area contributed by atoms with E-state index in [1.807, 2.05) is 45.0 Å². The van der Waals surface area contributed by atoms with Gasteiger partial charge in [-0.3, -0.25) is 4.79 Å². The van der Waals surface area contributed by atoms with Gasteiger partial charge in [0.25, 0.3) is 5.91 Å². The quantitative estimate of drug-likeness (QED) is 0.754. The minimum Gasteiger partial charge on any atom is -0.426 e. The molecule has 3 atom stereocenters. The average Bonchev–Trinajstić information content (AvgIpc) is 2.94. The number of nitrogens with one attached hydrogen (secondary N) is 1. The summed E-state index contributed by atoms with van der Waals surface area (Å²) in [6.45, 7) is 9.88. The first-order chi connectivity index (χ1) is 10.8. The molecule has 0 spiro atoms. The molecule has 3 unspecified atom stereocenters. The van der Waals surface area contributed by atoms with E-state index in [9.17, 15) is 9.90 Å². The Morgan fingerprint density at radius 1 is 1.30 bits per heavy atom. The van der Waals surface area contributed by atoms with Crippen LogP contribution < -0.4 is 10.8 Å². The molecule has 23 heavy (non-hydrogen) atoms. The van der Waals surface area contributed by atoms with Crippen molar-refractivity contribution in [2.45, 2.75) is 64.7 Å². The average molecular weight is 317 g/mol. The molecule has 1 aromatic carbocycles. The second kappa shape index (κ2) is 6.66. The molecule has 2 rings (SSSR count). The van der Waals surface area contributed by atoms with Crippen molar-refractivity contribution in [3.63, 3.8) is 0 Å². The lowest BCUT2D eigenvalue weighted by Crippen LogP contribution is -2.34. The minimum absolute atomic E-state index is 0.0307. The molecule has 1 amide bonds. The fourth-order valence-corrected chi connectivity index (χ4v) is 3.01. The number of hydrogen-bond donors (Lipinski definition) is 2. The first-order valence-corrected chi connectivity index (χ1v) is 8.52. The second-order valence-corrected chi connectivity index (χ2v) is 6.95. The molecule has 0 bridgehead atoms. The predicted molar refractivity (Wildman–Crippen MR) is 94.3 cm³/mol. The molecule has 1 saturated carbocycles. The van der Waals surface area contributed by atoms with Gasteiger partial charge in [0.15, 0.2) is 0 Å². The molecule has 1 aliphatic carbocycles. The lowest BCUT2D eigenvalue weighted by molar-refractivity contribution is 0.0637. The maximum Gasteiger partial charge on any atom is 0.309 e. The summed E-state index contributed by atoms with van der Waals surface area (Å²) in [6.07, 6.45) is 1.87. The highest BCUT2D eigenvalue weighted by molar-refractivity contribution is 6.47. The van der Waals surface area contributed by atoms with Crippen LogP contribution in [0.1, 0.15) is 57.8 Å². The zero-order valence-electron chi connectivity index (χ0n) is 14.8. The third-order valence-electron chi connectivity index (χ3n) is 5.67. The van der Waals surface area contributed by atoms with E-state index in [0.717, 1.165) is 18.3 Å². The molecule has 4 nitrogen and oxygen atoms in total. The number of carbonyl (C=O) groups is 1. The Balaban J connectivity index is 1.91. The first kappa shape index (κ1) is 18.0. The first-order valence-electron chi connectivity index (χ1n) is 8.52. The van der Waals surface area contributed by atoms with E-state index in [4.69, 9.17) is 4.65 Å². The number of rotatable bonds is 7. The van der Waals surface area contributed by atoms with Crippen molar-refractivity contribution in [1.29, 1.82) is 0 Å².